The number of ether oxygens (including phenoxy) is 1. The normalized spacial score (nSPS) is 22.9. The number of hydrogen-bond donors (Lipinski definition) is 2. The highest BCUT2D eigenvalue weighted by Crippen LogP contribution is 2.26. The predicted molar refractivity (Wildman–Crippen MR) is 80.9 cm³/mol. The van der Waals surface area contributed by atoms with Gasteiger partial charge in [0.15, 0.2) is 0 Å². The molecule has 1 saturated carbocycles. The van der Waals surface area contributed by atoms with E-state index in [2.05, 4.69) is 12.2 Å². The van der Waals surface area contributed by atoms with Gasteiger partial charge in [-0.15, -0.1) is 0 Å². The summed E-state index contributed by atoms with van der Waals surface area (Å²) in [4.78, 5) is 12.5. The van der Waals surface area contributed by atoms with Crippen LogP contribution in [0.3, 0.4) is 0 Å². The Morgan fingerprint density at radius 2 is 2.05 bits per heavy atom. The molecular weight excluding hydrogens is 252 g/mol. The maximum atomic E-state index is 12.5. The van der Waals surface area contributed by atoms with Gasteiger partial charge in [0.25, 0.3) is 5.91 Å². The minimum atomic E-state index is -0.126. The lowest BCUT2D eigenvalue weighted by atomic mass is 9.96. The van der Waals surface area contributed by atoms with Crippen LogP contribution in [0, 0.1) is 5.92 Å². The zero-order chi connectivity index (χ0) is 14.5. The van der Waals surface area contributed by atoms with Crippen molar-refractivity contribution in [3.05, 3.63) is 23.8 Å². The van der Waals surface area contributed by atoms with Gasteiger partial charge in [-0.3, -0.25) is 4.79 Å². The number of hydrogen-bond acceptors (Lipinski definition) is 3. The van der Waals surface area contributed by atoms with E-state index in [1.807, 2.05) is 0 Å². The molecule has 0 radical (unpaired) electrons. The van der Waals surface area contributed by atoms with E-state index in [1.54, 1.807) is 25.3 Å². The summed E-state index contributed by atoms with van der Waals surface area (Å²) < 4.78 is 5.25. The molecule has 1 aromatic rings. The average Bonchev–Trinajstić information content (AvgIpc) is 2.63. The zero-order valence-corrected chi connectivity index (χ0v) is 12.3. The number of nitrogens with two attached hydrogens (primary N) is 1. The third-order valence-corrected chi connectivity index (χ3v) is 4.18. The van der Waals surface area contributed by atoms with Gasteiger partial charge in [-0.05, 0) is 30.9 Å². The topological polar surface area (TPSA) is 64.3 Å². The molecule has 2 atom stereocenters. The molecule has 1 aliphatic carbocycles. The molecular formula is C16H24N2O2. The lowest BCUT2D eigenvalue weighted by Gasteiger charge is -2.23. The van der Waals surface area contributed by atoms with E-state index in [0.29, 0.717) is 22.9 Å². The number of amides is 1. The van der Waals surface area contributed by atoms with Crippen LogP contribution in [0.15, 0.2) is 18.2 Å². The smallest absolute Gasteiger partial charge is 0.257 e. The Balaban J connectivity index is 2.15. The third kappa shape index (κ3) is 3.24. The Kier molecular flexibility index (Phi) is 4.88. The molecule has 4 nitrogen and oxygen atoms in total. The number of rotatable bonds is 3. The van der Waals surface area contributed by atoms with Crippen LogP contribution in [0.5, 0.6) is 5.75 Å². The fourth-order valence-electron chi connectivity index (χ4n) is 2.91. The van der Waals surface area contributed by atoms with E-state index in [4.69, 9.17) is 10.5 Å². The van der Waals surface area contributed by atoms with Crippen molar-refractivity contribution in [2.45, 2.75) is 45.1 Å². The van der Waals surface area contributed by atoms with E-state index in [1.165, 1.54) is 25.7 Å². The van der Waals surface area contributed by atoms with Crippen LogP contribution in [0.1, 0.15) is 49.4 Å². The van der Waals surface area contributed by atoms with Crippen LogP contribution in [0.4, 0.5) is 5.69 Å². The first-order chi connectivity index (χ1) is 9.63. The van der Waals surface area contributed by atoms with Gasteiger partial charge < -0.3 is 15.8 Å². The Hall–Kier alpha value is -1.71. The molecule has 0 heterocycles. The number of anilines is 1. The predicted octanol–water partition coefficient (Wildman–Crippen LogP) is 2.98. The lowest BCUT2D eigenvalue weighted by Crippen LogP contribution is -2.39. The summed E-state index contributed by atoms with van der Waals surface area (Å²) in [5, 5.41) is 3.14. The van der Waals surface area contributed by atoms with Crippen molar-refractivity contribution in [2.24, 2.45) is 5.92 Å². The van der Waals surface area contributed by atoms with Gasteiger partial charge in [-0.1, -0.05) is 32.3 Å². The van der Waals surface area contributed by atoms with Gasteiger partial charge in [0.2, 0.25) is 0 Å². The van der Waals surface area contributed by atoms with E-state index in [0.717, 1.165) is 6.42 Å². The van der Waals surface area contributed by atoms with Crippen molar-refractivity contribution in [3.8, 4) is 5.75 Å². The third-order valence-electron chi connectivity index (χ3n) is 4.18. The second-order valence-electron chi connectivity index (χ2n) is 5.62. The number of nitrogens with one attached hydrogen (secondary N) is 1. The minimum absolute atomic E-state index is 0.126. The maximum absolute atomic E-state index is 12.5. The van der Waals surface area contributed by atoms with Crippen LogP contribution in [0.2, 0.25) is 0 Å². The summed E-state index contributed by atoms with van der Waals surface area (Å²) in [6, 6.07) is 5.52. The lowest BCUT2D eigenvalue weighted by molar-refractivity contribution is 0.0919. The SMILES string of the molecule is COc1cccc(N)c1C(=O)NC1CCCCCC1C. The molecule has 1 fully saturated rings. The Labute approximate surface area is 120 Å². The second-order valence-corrected chi connectivity index (χ2v) is 5.62. The number of methoxy groups -OCH3 is 1. The molecule has 3 N–H and O–H groups in total. The highest BCUT2D eigenvalue weighted by molar-refractivity contribution is 6.02. The molecule has 0 spiro atoms. The van der Waals surface area contributed by atoms with Crippen LogP contribution < -0.4 is 15.8 Å². The molecule has 0 aliphatic heterocycles. The second kappa shape index (κ2) is 6.64. The van der Waals surface area contributed by atoms with Gasteiger partial charge in [-0.25, -0.2) is 0 Å². The molecule has 2 unspecified atom stereocenters. The Morgan fingerprint density at radius 1 is 1.30 bits per heavy atom. The van der Waals surface area contributed by atoms with E-state index in [-0.39, 0.29) is 11.9 Å². The molecule has 0 bridgehead atoms. The van der Waals surface area contributed by atoms with E-state index >= 15 is 0 Å². The Morgan fingerprint density at radius 3 is 2.80 bits per heavy atom. The van der Waals surface area contributed by atoms with Crippen LogP contribution in [-0.2, 0) is 0 Å². The quantitative estimate of drug-likeness (QED) is 0.659. The Bertz CT molecular complexity index is 474. The number of benzene rings is 1. The van der Waals surface area contributed by atoms with E-state index in [9.17, 15) is 4.79 Å². The number of carbonyl (C=O) groups is 1. The van der Waals surface area contributed by atoms with Gasteiger partial charge >= 0.3 is 0 Å². The molecule has 1 amide bonds. The first kappa shape index (κ1) is 14.7. The van der Waals surface area contributed by atoms with Crippen LogP contribution >= 0.6 is 0 Å². The summed E-state index contributed by atoms with van der Waals surface area (Å²) in [7, 11) is 1.56. The van der Waals surface area contributed by atoms with Crippen LogP contribution in [-0.4, -0.2) is 19.1 Å². The highest BCUT2D eigenvalue weighted by atomic mass is 16.5. The summed E-state index contributed by atoms with van der Waals surface area (Å²) >= 11 is 0. The van der Waals surface area contributed by atoms with Crippen molar-refractivity contribution in [1.82, 2.24) is 5.32 Å². The first-order valence-electron chi connectivity index (χ1n) is 7.37. The number of nitrogen functional groups attached to an aromatic ring is 1. The van der Waals surface area contributed by atoms with Crippen molar-refractivity contribution < 1.29 is 9.53 Å². The van der Waals surface area contributed by atoms with Gasteiger partial charge in [0.05, 0.1) is 7.11 Å². The standard InChI is InChI=1S/C16H24N2O2/c1-11-7-4-3-5-9-13(11)18-16(19)15-12(17)8-6-10-14(15)20-2/h6,8,10-11,13H,3-5,7,9,17H2,1-2H3,(H,18,19). The molecule has 1 aromatic carbocycles. The van der Waals surface area contributed by atoms with Crippen molar-refractivity contribution >= 4 is 11.6 Å². The monoisotopic (exact) mass is 276 g/mol. The molecule has 0 aromatic heterocycles. The van der Waals surface area contributed by atoms with Crippen molar-refractivity contribution in [1.29, 1.82) is 0 Å². The van der Waals surface area contributed by atoms with Gasteiger partial charge in [0.1, 0.15) is 11.3 Å². The fraction of sp³-hybridized carbons (Fsp3) is 0.562. The zero-order valence-electron chi connectivity index (χ0n) is 12.3. The summed E-state index contributed by atoms with van der Waals surface area (Å²) in [6.45, 7) is 2.21. The van der Waals surface area contributed by atoms with E-state index < -0.39 is 0 Å². The van der Waals surface area contributed by atoms with Crippen molar-refractivity contribution in [3.63, 3.8) is 0 Å². The van der Waals surface area contributed by atoms with Crippen molar-refractivity contribution in [2.75, 3.05) is 12.8 Å². The number of carbonyl (C=O) groups excluding carboxylic acids is 1. The first-order valence-corrected chi connectivity index (χ1v) is 7.37. The summed E-state index contributed by atoms with van der Waals surface area (Å²) in [5.41, 5.74) is 6.84. The summed E-state index contributed by atoms with van der Waals surface area (Å²) in [5.74, 6) is 0.917. The molecule has 1 aliphatic rings. The molecule has 2 rings (SSSR count). The minimum Gasteiger partial charge on any atom is -0.496 e. The van der Waals surface area contributed by atoms with Gasteiger partial charge in [0, 0.05) is 11.7 Å². The summed E-state index contributed by atoms with van der Waals surface area (Å²) in [6.07, 6.45) is 5.91. The molecule has 110 valence electrons. The van der Waals surface area contributed by atoms with Gasteiger partial charge in [-0.2, -0.15) is 0 Å². The highest BCUT2D eigenvalue weighted by Gasteiger charge is 2.24. The fourth-order valence-corrected chi connectivity index (χ4v) is 2.91. The average molecular weight is 276 g/mol. The molecule has 20 heavy (non-hydrogen) atoms. The molecule has 0 saturated heterocycles. The maximum Gasteiger partial charge on any atom is 0.257 e. The largest absolute Gasteiger partial charge is 0.496 e. The van der Waals surface area contributed by atoms with Crippen LogP contribution in [0.25, 0.3) is 0 Å². The molecule has 4 heteroatoms.